The quantitative estimate of drug-likeness (QED) is 0.701. The lowest BCUT2D eigenvalue weighted by Crippen LogP contribution is -2.50. The molecule has 1 amide bonds. The Bertz CT molecular complexity index is 610. The Kier molecular flexibility index (Phi) is 8.85. The van der Waals surface area contributed by atoms with Crippen LogP contribution in [0, 0.1) is 5.41 Å². The summed E-state index contributed by atoms with van der Waals surface area (Å²) in [6.45, 7) is 7.05. The summed E-state index contributed by atoms with van der Waals surface area (Å²) < 4.78 is 16.1. The predicted octanol–water partition coefficient (Wildman–Crippen LogP) is 2.54. The number of carbonyl (C=O) groups is 1. The van der Waals surface area contributed by atoms with Gasteiger partial charge >= 0.3 is 0 Å². The molecule has 0 atom stereocenters. The van der Waals surface area contributed by atoms with E-state index in [9.17, 15) is 4.79 Å². The molecular weight excluding hydrogens is 368 g/mol. The van der Waals surface area contributed by atoms with Crippen LogP contribution in [0.3, 0.4) is 0 Å². The molecule has 2 rings (SSSR count). The van der Waals surface area contributed by atoms with E-state index in [1.807, 2.05) is 32.0 Å². The van der Waals surface area contributed by atoms with E-state index in [4.69, 9.17) is 14.2 Å². The zero-order valence-electron chi connectivity index (χ0n) is 17.0. The van der Waals surface area contributed by atoms with E-state index in [0.717, 1.165) is 31.5 Å². The fourth-order valence-corrected chi connectivity index (χ4v) is 3.48. The fourth-order valence-electron chi connectivity index (χ4n) is 3.48. The molecular formula is C20H33ClN2O4. The minimum Gasteiger partial charge on any atom is -0.493 e. The summed E-state index contributed by atoms with van der Waals surface area (Å²) in [6, 6.07) is 5.62. The highest BCUT2D eigenvalue weighted by Gasteiger charge is 2.36. The normalized spacial score (nSPS) is 16.2. The molecule has 1 heterocycles. The van der Waals surface area contributed by atoms with Crippen molar-refractivity contribution in [3.63, 3.8) is 0 Å². The first kappa shape index (κ1) is 23.5. The second kappa shape index (κ2) is 10.2. The number of nitrogens with one attached hydrogen (secondary N) is 2. The molecule has 1 saturated heterocycles. The third kappa shape index (κ3) is 5.50. The van der Waals surface area contributed by atoms with Crippen LogP contribution in [0.4, 0.5) is 0 Å². The lowest BCUT2D eigenvalue weighted by Gasteiger charge is -2.38. The van der Waals surface area contributed by atoms with E-state index in [-0.39, 0.29) is 23.7 Å². The summed E-state index contributed by atoms with van der Waals surface area (Å²) >= 11 is 0. The van der Waals surface area contributed by atoms with Crippen molar-refractivity contribution in [3.8, 4) is 11.5 Å². The number of carbonyl (C=O) groups excluding carboxylic acids is 1. The van der Waals surface area contributed by atoms with Gasteiger partial charge in [-0.15, -0.1) is 12.4 Å². The highest BCUT2D eigenvalue weighted by Crippen LogP contribution is 2.34. The molecule has 27 heavy (non-hydrogen) atoms. The van der Waals surface area contributed by atoms with Crippen LogP contribution in [0.2, 0.25) is 0 Å². The van der Waals surface area contributed by atoms with E-state index >= 15 is 0 Å². The van der Waals surface area contributed by atoms with Crippen LogP contribution in [-0.4, -0.2) is 53.5 Å². The number of benzene rings is 1. The predicted molar refractivity (Wildman–Crippen MR) is 109 cm³/mol. The first-order valence-corrected chi connectivity index (χ1v) is 9.09. The number of ether oxygens (including phenoxy) is 3. The minimum atomic E-state index is -0.680. The summed E-state index contributed by atoms with van der Waals surface area (Å²) in [5.41, 5.74) is 0.211. The maximum Gasteiger partial charge on any atom is 0.230 e. The van der Waals surface area contributed by atoms with Gasteiger partial charge in [0.2, 0.25) is 5.91 Å². The number of piperidine rings is 1. The van der Waals surface area contributed by atoms with Gasteiger partial charge in [-0.1, -0.05) is 6.07 Å². The second-order valence-corrected chi connectivity index (χ2v) is 7.56. The van der Waals surface area contributed by atoms with Gasteiger partial charge in [-0.25, -0.2) is 0 Å². The van der Waals surface area contributed by atoms with Crippen molar-refractivity contribution in [2.75, 3.05) is 47.6 Å². The summed E-state index contributed by atoms with van der Waals surface area (Å²) in [5, 5.41) is 6.54. The van der Waals surface area contributed by atoms with E-state index in [0.29, 0.717) is 24.7 Å². The van der Waals surface area contributed by atoms with Crippen molar-refractivity contribution in [1.29, 1.82) is 0 Å². The zero-order chi connectivity index (χ0) is 19.2. The van der Waals surface area contributed by atoms with Crippen molar-refractivity contribution < 1.29 is 19.0 Å². The zero-order valence-corrected chi connectivity index (χ0v) is 17.8. The van der Waals surface area contributed by atoms with Gasteiger partial charge in [-0.05, 0) is 57.5 Å². The molecule has 1 aliphatic rings. The number of rotatable bonds is 8. The topological polar surface area (TPSA) is 68.8 Å². The van der Waals surface area contributed by atoms with Gasteiger partial charge in [0.1, 0.15) is 0 Å². The molecule has 0 aromatic heterocycles. The average Bonchev–Trinajstić information content (AvgIpc) is 2.66. The highest BCUT2D eigenvalue weighted by molar-refractivity contribution is 5.87. The molecule has 0 bridgehead atoms. The van der Waals surface area contributed by atoms with Crippen molar-refractivity contribution in [2.24, 2.45) is 5.41 Å². The second-order valence-electron chi connectivity index (χ2n) is 7.56. The molecule has 154 valence electrons. The van der Waals surface area contributed by atoms with Gasteiger partial charge in [-0.2, -0.15) is 0 Å². The monoisotopic (exact) mass is 400 g/mol. The van der Waals surface area contributed by atoms with Gasteiger partial charge in [0, 0.05) is 19.1 Å². The number of hydrogen-bond donors (Lipinski definition) is 2. The molecule has 1 fully saturated rings. The Labute approximate surface area is 168 Å². The van der Waals surface area contributed by atoms with Gasteiger partial charge in [0.05, 0.1) is 26.2 Å². The Morgan fingerprint density at radius 3 is 2.33 bits per heavy atom. The van der Waals surface area contributed by atoms with E-state index in [1.165, 1.54) is 0 Å². The van der Waals surface area contributed by atoms with Crippen molar-refractivity contribution >= 4 is 18.3 Å². The first-order chi connectivity index (χ1) is 12.4. The van der Waals surface area contributed by atoms with Gasteiger partial charge in [0.25, 0.3) is 0 Å². The molecule has 1 aromatic rings. The lowest BCUT2D eigenvalue weighted by atomic mass is 9.78. The largest absolute Gasteiger partial charge is 0.493 e. The highest BCUT2D eigenvalue weighted by atomic mass is 35.5. The first-order valence-electron chi connectivity index (χ1n) is 9.09. The standard InChI is InChI=1S/C20H32N2O4.ClH/c1-19(2,15-6-7-16(25-4)17(12-15)26-5)18(23)22-13-20(14-24-3)8-10-21-11-9-20;/h6-7,12,21H,8-11,13-14H2,1-5H3,(H,22,23);1H. The summed E-state index contributed by atoms with van der Waals surface area (Å²) in [4.78, 5) is 13.0. The lowest BCUT2D eigenvalue weighted by molar-refractivity contribution is -0.126. The van der Waals surface area contributed by atoms with Crippen LogP contribution >= 0.6 is 12.4 Å². The van der Waals surface area contributed by atoms with Crippen LogP contribution in [0.5, 0.6) is 11.5 Å². The molecule has 0 unspecified atom stereocenters. The van der Waals surface area contributed by atoms with Gasteiger partial charge < -0.3 is 24.8 Å². The summed E-state index contributed by atoms with van der Waals surface area (Å²) in [6.07, 6.45) is 2.00. The van der Waals surface area contributed by atoms with Crippen LogP contribution < -0.4 is 20.1 Å². The van der Waals surface area contributed by atoms with Crippen molar-refractivity contribution in [3.05, 3.63) is 23.8 Å². The number of hydrogen-bond acceptors (Lipinski definition) is 5. The van der Waals surface area contributed by atoms with E-state index in [1.54, 1.807) is 21.3 Å². The fraction of sp³-hybridized carbons (Fsp3) is 0.650. The molecule has 0 aliphatic carbocycles. The smallest absolute Gasteiger partial charge is 0.230 e. The maximum atomic E-state index is 13.0. The van der Waals surface area contributed by atoms with Crippen LogP contribution in [0.1, 0.15) is 32.3 Å². The molecule has 1 aliphatic heterocycles. The Morgan fingerprint density at radius 2 is 1.78 bits per heavy atom. The van der Waals surface area contributed by atoms with Crippen LogP contribution in [0.15, 0.2) is 18.2 Å². The average molecular weight is 401 g/mol. The van der Waals surface area contributed by atoms with Crippen molar-refractivity contribution in [2.45, 2.75) is 32.1 Å². The number of methoxy groups -OCH3 is 3. The van der Waals surface area contributed by atoms with E-state index in [2.05, 4.69) is 10.6 Å². The molecule has 6 nitrogen and oxygen atoms in total. The molecule has 1 aromatic carbocycles. The molecule has 0 saturated carbocycles. The van der Waals surface area contributed by atoms with Gasteiger partial charge in [-0.3, -0.25) is 4.79 Å². The van der Waals surface area contributed by atoms with Gasteiger partial charge in [0.15, 0.2) is 11.5 Å². The summed E-state index contributed by atoms with van der Waals surface area (Å²) in [7, 11) is 4.92. The molecule has 7 heteroatoms. The molecule has 0 radical (unpaired) electrons. The van der Waals surface area contributed by atoms with Crippen molar-refractivity contribution in [1.82, 2.24) is 10.6 Å². The molecule has 2 N–H and O–H groups in total. The Balaban J connectivity index is 0.00000364. The third-order valence-corrected chi connectivity index (χ3v) is 5.41. The molecule has 0 spiro atoms. The number of amides is 1. The SMILES string of the molecule is COCC1(CNC(=O)C(C)(C)c2ccc(OC)c(OC)c2)CCNCC1.Cl. The Hall–Kier alpha value is -1.50. The third-order valence-electron chi connectivity index (χ3n) is 5.41. The minimum absolute atomic E-state index is 0. The maximum absolute atomic E-state index is 13.0. The number of halogens is 1. The van der Waals surface area contributed by atoms with Crippen LogP contribution in [-0.2, 0) is 14.9 Å². The van der Waals surface area contributed by atoms with Crippen LogP contribution in [0.25, 0.3) is 0 Å². The Morgan fingerprint density at radius 1 is 1.15 bits per heavy atom. The summed E-state index contributed by atoms with van der Waals surface area (Å²) in [5.74, 6) is 1.28. The van der Waals surface area contributed by atoms with E-state index < -0.39 is 5.41 Å².